The Morgan fingerprint density at radius 1 is 0.784 bits per heavy atom. The summed E-state index contributed by atoms with van der Waals surface area (Å²) >= 11 is 0.181. The molecule has 37 heavy (non-hydrogen) atoms. The summed E-state index contributed by atoms with van der Waals surface area (Å²) in [6.07, 6.45) is 2.39. The van der Waals surface area contributed by atoms with E-state index in [4.69, 9.17) is 4.74 Å². The van der Waals surface area contributed by atoms with Gasteiger partial charge in [-0.2, -0.15) is 0 Å². The SMILES string of the molecule is COc1ccc(/C=C(/C(=O)C(CC[Se]c2ccccc2)C(=O)c2ccc(C)cc2)c2ccccc2)cc1. The Balaban J connectivity index is 1.69. The van der Waals surface area contributed by atoms with Crippen LogP contribution in [0.4, 0.5) is 0 Å². The minimum atomic E-state index is -0.752. The third-order valence-electron chi connectivity index (χ3n) is 6.16. The van der Waals surface area contributed by atoms with Crippen LogP contribution in [0.15, 0.2) is 109 Å². The van der Waals surface area contributed by atoms with E-state index in [1.807, 2.05) is 110 Å². The van der Waals surface area contributed by atoms with Crippen molar-refractivity contribution in [2.45, 2.75) is 18.7 Å². The first kappa shape index (κ1) is 26.3. The molecule has 3 nitrogen and oxygen atoms in total. The molecular weight excluding hydrogens is 523 g/mol. The van der Waals surface area contributed by atoms with Gasteiger partial charge in [0.1, 0.15) is 0 Å². The molecule has 0 N–H and O–H groups in total. The number of ketones is 2. The van der Waals surface area contributed by atoms with E-state index in [2.05, 4.69) is 12.1 Å². The fraction of sp³-hybridized carbons (Fsp3) is 0.152. The Kier molecular flexibility index (Phi) is 9.26. The first-order valence-corrected chi connectivity index (χ1v) is 14.4. The zero-order chi connectivity index (χ0) is 26.0. The zero-order valence-corrected chi connectivity index (χ0v) is 22.8. The van der Waals surface area contributed by atoms with Crippen LogP contribution in [-0.2, 0) is 4.79 Å². The first-order valence-electron chi connectivity index (χ1n) is 12.3. The van der Waals surface area contributed by atoms with Crippen LogP contribution in [0.2, 0.25) is 5.32 Å². The van der Waals surface area contributed by atoms with Gasteiger partial charge in [-0.3, -0.25) is 0 Å². The normalized spacial score (nSPS) is 12.1. The van der Waals surface area contributed by atoms with Crippen molar-refractivity contribution < 1.29 is 14.3 Å². The number of aryl methyl sites for hydroxylation is 1. The van der Waals surface area contributed by atoms with Crippen molar-refractivity contribution in [3.63, 3.8) is 0 Å². The van der Waals surface area contributed by atoms with Gasteiger partial charge in [0.2, 0.25) is 0 Å². The summed E-state index contributed by atoms with van der Waals surface area (Å²) in [5.41, 5.74) is 3.88. The van der Waals surface area contributed by atoms with Gasteiger partial charge in [-0.1, -0.05) is 0 Å². The number of allylic oxidation sites excluding steroid dienone is 1. The van der Waals surface area contributed by atoms with Crippen LogP contribution in [0.25, 0.3) is 11.6 Å². The molecule has 4 aromatic rings. The van der Waals surface area contributed by atoms with E-state index in [1.54, 1.807) is 7.11 Å². The van der Waals surface area contributed by atoms with Crippen molar-refractivity contribution in [3.05, 3.63) is 131 Å². The van der Waals surface area contributed by atoms with Crippen molar-refractivity contribution in [1.29, 1.82) is 0 Å². The third kappa shape index (κ3) is 7.16. The topological polar surface area (TPSA) is 43.4 Å². The Hall–Kier alpha value is -3.72. The summed E-state index contributed by atoms with van der Waals surface area (Å²) in [5.74, 6) is -0.264. The van der Waals surface area contributed by atoms with Crippen molar-refractivity contribution in [3.8, 4) is 5.75 Å². The maximum atomic E-state index is 14.2. The predicted octanol–water partition coefficient (Wildman–Crippen LogP) is 6.45. The summed E-state index contributed by atoms with van der Waals surface area (Å²) in [6, 6.07) is 35.0. The van der Waals surface area contributed by atoms with Crippen LogP contribution >= 0.6 is 0 Å². The molecule has 0 aromatic heterocycles. The van der Waals surface area contributed by atoms with Crippen molar-refractivity contribution in [2.24, 2.45) is 5.92 Å². The average molecular weight is 554 g/mol. The number of hydrogen-bond acceptors (Lipinski definition) is 3. The number of benzene rings is 4. The van der Waals surface area contributed by atoms with Crippen LogP contribution in [-0.4, -0.2) is 33.6 Å². The molecule has 0 fully saturated rings. The Morgan fingerprint density at radius 2 is 1.41 bits per heavy atom. The van der Waals surface area contributed by atoms with Gasteiger partial charge in [-0.25, -0.2) is 0 Å². The summed E-state index contributed by atoms with van der Waals surface area (Å²) < 4.78 is 6.55. The number of rotatable bonds is 11. The molecule has 4 rings (SSSR count). The van der Waals surface area contributed by atoms with Gasteiger partial charge in [0.25, 0.3) is 0 Å². The zero-order valence-electron chi connectivity index (χ0n) is 21.1. The molecule has 0 aliphatic heterocycles. The molecule has 0 spiro atoms. The van der Waals surface area contributed by atoms with Crippen LogP contribution < -0.4 is 9.20 Å². The maximum absolute atomic E-state index is 14.2. The number of methoxy groups -OCH3 is 1. The molecule has 186 valence electrons. The predicted molar refractivity (Wildman–Crippen MR) is 153 cm³/mol. The molecule has 4 heteroatoms. The van der Waals surface area contributed by atoms with Crippen molar-refractivity contribution in [2.75, 3.05) is 7.11 Å². The number of ether oxygens (including phenoxy) is 1. The molecule has 0 radical (unpaired) electrons. The number of hydrogen-bond donors (Lipinski definition) is 0. The van der Waals surface area contributed by atoms with Gasteiger partial charge in [0.05, 0.1) is 0 Å². The van der Waals surface area contributed by atoms with Gasteiger partial charge in [0, 0.05) is 0 Å². The van der Waals surface area contributed by atoms with Gasteiger partial charge in [0.15, 0.2) is 0 Å². The van der Waals surface area contributed by atoms with E-state index < -0.39 is 5.92 Å². The number of carbonyl (C=O) groups excluding carboxylic acids is 2. The average Bonchev–Trinajstić information content (AvgIpc) is 2.95. The van der Waals surface area contributed by atoms with Gasteiger partial charge in [-0.05, 0) is 0 Å². The van der Waals surface area contributed by atoms with Gasteiger partial charge in [-0.15, -0.1) is 0 Å². The number of Topliss-reactive ketones (excluding diaryl/α,β-unsaturated/α-hetero) is 2. The Labute approximate surface area is 225 Å². The van der Waals surface area contributed by atoms with E-state index in [0.29, 0.717) is 17.6 Å². The monoisotopic (exact) mass is 554 g/mol. The van der Waals surface area contributed by atoms with Crippen LogP contribution in [0.1, 0.15) is 33.5 Å². The molecular formula is C33H30O3Se. The quantitative estimate of drug-likeness (QED) is 0.0705. The number of carbonyl (C=O) groups is 2. The molecule has 1 atom stereocenters. The van der Waals surface area contributed by atoms with Crippen molar-refractivity contribution in [1.82, 2.24) is 0 Å². The molecule has 0 amide bonds. The van der Waals surface area contributed by atoms with E-state index >= 15 is 0 Å². The molecule has 1 unspecified atom stereocenters. The third-order valence-corrected chi connectivity index (χ3v) is 8.36. The molecule has 4 aromatic carbocycles. The molecule has 0 heterocycles. The molecule has 0 bridgehead atoms. The van der Waals surface area contributed by atoms with Crippen molar-refractivity contribution >= 4 is 42.6 Å². The van der Waals surface area contributed by atoms with Gasteiger partial charge < -0.3 is 0 Å². The standard InChI is InChI=1S/C33H30O3Se/c1-24-13-17-27(18-14-24)32(34)30(21-22-37-29-11-7-4-8-12-29)33(35)31(26-9-5-3-6-10-26)23-25-15-19-28(36-2)20-16-25/h3-20,23,30H,21-22H2,1-2H3/b31-23+. The molecule has 0 saturated carbocycles. The van der Waals surface area contributed by atoms with E-state index in [1.165, 1.54) is 4.46 Å². The second-order valence-electron chi connectivity index (χ2n) is 8.79. The van der Waals surface area contributed by atoms with Crippen LogP contribution in [0, 0.1) is 12.8 Å². The van der Waals surface area contributed by atoms with E-state index in [9.17, 15) is 9.59 Å². The van der Waals surface area contributed by atoms with Crippen LogP contribution in [0.5, 0.6) is 5.75 Å². The summed E-state index contributed by atoms with van der Waals surface area (Å²) in [5, 5.41) is 0.801. The molecule has 0 aliphatic rings. The second kappa shape index (κ2) is 13.0. The summed E-state index contributed by atoms with van der Waals surface area (Å²) in [6.45, 7) is 1.99. The molecule has 0 saturated heterocycles. The van der Waals surface area contributed by atoms with E-state index in [-0.39, 0.29) is 26.5 Å². The van der Waals surface area contributed by atoms with Crippen LogP contribution in [0.3, 0.4) is 0 Å². The minimum absolute atomic E-state index is 0.120. The first-order chi connectivity index (χ1) is 18.0. The summed E-state index contributed by atoms with van der Waals surface area (Å²) in [4.78, 5) is 27.9. The molecule has 0 aliphatic carbocycles. The Morgan fingerprint density at radius 3 is 2.03 bits per heavy atom. The van der Waals surface area contributed by atoms with E-state index in [0.717, 1.165) is 27.8 Å². The Bertz CT molecular complexity index is 1340. The fourth-order valence-corrected chi connectivity index (χ4v) is 6.05. The second-order valence-corrected chi connectivity index (χ2v) is 11.2. The fourth-order valence-electron chi connectivity index (χ4n) is 4.08. The summed E-state index contributed by atoms with van der Waals surface area (Å²) in [7, 11) is 1.63. The van der Waals surface area contributed by atoms with Gasteiger partial charge >= 0.3 is 226 Å².